The lowest BCUT2D eigenvalue weighted by atomic mass is 9.97. The number of likely N-dealkylation sites (N-methyl/N-ethyl adjacent to an activating group) is 1. The summed E-state index contributed by atoms with van der Waals surface area (Å²) in [6.45, 7) is 9.09. The summed E-state index contributed by atoms with van der Waals surface area (Å²) >= 11 is 0. The molecule has 1 unspecified atom stereocenters. The molecule has 1 aromatic carbocycles. The standard InChI is InChI=1S/C19H29N5O3/c1-4-23(5-2)10-9-21-16(26)12-19(3)17(27)24(18(20)22-19)13-14-7-6-8-15(25)11-14/h6-8,11,25H,4-5,9-10,12-13H2,1-3H3,(H2,20,22)(H,21,26). The van der Waals surface area contributed by atoms with Crippen LogP contribution in [0.25, 0.3) is 0 Å². The molecular weight excluding hydrogens is 346 g/mol. The van der Waals surface area contributed by atoms with Gasteiger partial charge in [0.15, 0.2) is 5.96 Å². The minimum Gasteiger partial charge on any atom is -0.508 e. The lowest BCUT2D eigenvalue weighted by molar-refractivity contribution is -0.134. The predicted octanol–water partition coefficient (Wildman–Crippen LogP) is 0.656. The Kier molecular flexibility index (Phi) is 6.79. The number of nitrogens with two attached hydrogens (primary N) is 1. The molecule has 4 N–H and O–H groups in total. The Bertz CT molecular complexity index is 717. The molecule has 0 fully saturated rings. The highest BCUT2D eigenvalue weighted by molar-refractivity contribution is 6.08. The number of nitrogens with one attached hydrogen (secondary N) is 1. The lowest BCUT2D eigenvalue weighted by Crippen LogP contribution is -2.45. The van der Waals surface area contributed by atoms with Crippen molar-refractivity contribution in [2.24, 2.45) is 10.7 Å². The molecule has 8 nitrogen and oxygen atoms in total. The number of benzene rings is 1. The van der Waals surface area contributed by atoms with E-state index in [-0.39, 0.29) is 36.5 Å². The van der Waals surface area contributed by atoms with Gasteiger partial charge in [0.05, 0.1) is 13.0 Å². The van der Waals surface area contributed by atoms with Crippen LogP contribution in [0.1, 0.15) is 32.8 Å². The Morgan fingerprint density at radius 2 is 2.07 bits per heavy atom. The van der Waals surface area contributed by atoms with Crippen molar-refractivity contribution in [1.82, 2.24) is 15.1 Å². The molecule has 2 rings (SSSR count). The van der Waals surface area contributed by atoms with Crippen molar-refractivity contribution in [2.45, 2.75) is 39.3 Å². The molecule has 0 radical (unpaired) electrons. The van der Waals surface area contributed by atoms with Gasteiger partial charge in [0.1, 0.15) is 11.3 Å². The number of aromatic hydroxyl groups is 1. The Morgan fingerprint density at radius 1 is 1.37 bits per heavy atom. The normalized spacial score (nSPS) is 19.5. The van der Waals surface area contributed by atoms with Gasteiger partial charge in [-0.2, -0.15) is 0 Å². The minimum atomic E-state index is -1.21. The first kappa shape index (κ1) is 20.7. The highest BCUT2D eigenvalue weighted by Gasteiger charge is 2.45. The van der Waals surface area contributed by atoms with Gasteiger partial charge in [-0.15, -0.1) is 0 Å². The van der Waals surface area contributed by atoms with Gasteiger partial charge in [0.2, 0.25) is 5.91 Å². The number of phenols is 1. The van der Waals surface area contributed by atoms with Crippen LogP contribution in [0.4, 0.5) is 0 Å². The van der Waals surface area contributed by atoms with E-state index in [4.69, 9.17) is 5.73 Å². The number of hydrogen-bond acceptors (Lipinski definition) is 6. The summed E-state index contributed by atoms with van der Waals surface area (Å²) in [6, 6.07) is 6.60. The predicted molar refractivity (Wildman–Crippen MR) is 104 cm³/mol. The van der Waals surface area contributed by atoms with Crippen molar-refractivity contribution in [3.05, 3.63) is 29.8 Å². The molecule has 27 heavy (non-hydrogen) atoms. The van der Waals surface area contributed by atoms with Gasteiger partial charge in [-0.05, 0) is 37.7 Å². The Balaban J connectivity index is 1.95. The third-order valence-electron chi connectivity index (χ3n) is 4.74. The molecule has 0 spiro atoms. The van der Waals surface area contributed by atoms with Crippen LogP contribution in [0.2, 0.25) is 0 Å². The van der Waals surface area contributed by atoms with Gasteiger partial charge < -0.3 is 21.1 Å². The summed E-state index contributed by atoms with van der Waals surface area (Å²) < 4.78 is 0. The SMILES string of the molecule is CCN(CC)CCNC(=O)CC1(C)N=C(N)N(Cc2cccc(O)c2)C1=O. The number of nitrogens with zero attached hydrogens (tertiary/aromatic N) is 3. The van der Waals surface area contributed by atoms with E-state index in [2.05, 4.69) is 29.1 Å². The average molecular weight is 375 g/mol. The van der Waals surface area contributed by atoms with E-state index in [0.29, 0.717) is 6.54 Å². The number of rotatable bonds is 9. The second kappa shape index (κ2) is 8.85. The fourth-order valence-corrected chi connectivity index (χ4v) is 3.13. The molecule has 148 valence electrons. The summed E-state index contributed by atoms with van der Waals surface area (Å²) in [7, 11) is 0. The summed E-state index contributed by atoms with van der Waals surface area (Å²) in [5.74, 6) is -0.345. The van der Waals surface area contributed by atoms with E-state index in [9.17, 15) is 14.7 Å². The average Bonchev–Trinajstić information content (AvgIpc) is 2.82. The van der Waals surface area contributed by atoms with Crippen LogP contribution in [0.15, 0.2) is 29.3 Å². The molecular formula is C19H29N5O3. The second-order valence-electron chi connectivity index (χ2n) is 6.86. The van der Waals surface area contributed by atoms with E-state index in [0.717, 1.165) is 25.2 Å². The third-order valence-corrected chi connectivity index (χ3v) is 4.74. The Hall–Kier alpha value is -2.61. The number of carbonyl (C=O) groups excluding carboxylic acids is 2. The van der Waals surface area contributed by atoms with E-state index >= 15 is 0 Å². The van der Waals surface area contributed by atoms with Gasteiger partial charge in [-0.25, -0.2) is 4.99 Å². The van der Waals surface area contributed by atoms with Gasteiger partial charge in [0, 0.05) is 13.1 Å². The Morgan fingerprint density at radius 3 is 2.70 bits per heavy atom. The lowest BCUT2D eigenvalue weighted by Gasteiger charge is -2.22. The molecule has 0 saturated carbocycles. The maximum absolute atomic E-state index is 12.8. The largest absolute Gasteiger partial charge is 0.508 e. The molecule has 1 heterocycles. The first-order valence-electron chi connectivity index (χ1n) is 9.23. The molecule has 8 heteroatoms. The number of amides is 2. The van der Waals surface area contributed by atoms with E-state index in [1.54, 1.807) is 31.2 Å². The van der Waals surface area contributed by atoms with Crippen molar-refractivity contribution in [2.75, 3.05) is 26.2 Å². The Labute approximate surface area is 160 Å². The van der Waals surface area contributed by atoms with Crippen molar-refractivity contribution in [3.63, 3.8) is 0 Å². The molecule has 2 amide bonds. The summed E-state index contributed by atoms with van der Waals surface area (Å²) in [4.78, 5) is 32.9. The van der Waals surface area contributed by atoms with E-state index in [1.807, 2.05) is 0 Å². The first-order chi connectivity index (χ1) is 12.8. The maximum atomic E-state index is 12.8. The van der Waals surface area contributed by atoms with Crippen LogP contribution in [0.3, 0.4) is 0 Å². The molecule has 1 atom stereocenters. The summed E-state index contributed by atoms with van der Waals surface area (Å²) in [5, 5.41) is 12.4. The molecule has 1 aliphatic rings. The molecule has 1 aromatic rings. The zero-order chi connectivity index (χ0) is 20.0. The number of phenolic OH excluding ortho intramolecular Hbond substituents is 1. The van der Waals surface area contributed by atoms with E-state index < -0.39 is 5.54 Å². The van der Waals surface area contributed by atoms with E-state index in [1.165, 1.54) is 4.90 Å². The topological polar surface area (TPSA) is 111 Å². The van der Waals surface area contributed by atoms with Crippen LogP contribution in [0.5, 0.6) is 5.75 Å². The van der Waals surface area contributed by atoms with Crippen molar-refractivity contribution >= 4 is 17.8 Å². The highest BCUT2D eigenvalue weighted by Crippen LogP contribution is 2.27. The van der Waals surface area contributed by atoms with Crippen molar-refractivity contribution in [1.29, 1.82) is 0 Å². The summed E-state index contributed by atoms with van der Waals surface area (Å²) in [5.41, 5.74) is 5.46. The number of guanidine groups is 1. The second-order valence-corrected chi connectivity index (χ2v) is 6.86. The molecule has 0 aliphatic carbocycles. The van der Waals surface area contributed by atoms with Gasteiger partial charge in [0.25, 0.3) is 5.91 Å². The maximum Gasteiger partial charge on any atom is 0.257 e. The number of carbonyl (C=O) groups is 2. The van der Waals surface area contributed by atoms with Crippen molar-refractivity contribution < 1.29 is 14.7 Å². The van der Waals surface area contributed by atoms with Crippen LogP contribution in [-0.2, 0) is 16.1 Å². The summed E-state index contributed by atoms with van der Waals surface area (Å²) in [6.07, 6.45) is -0.0542. The smallest absolute Gasteiger partial charge is 0.257 e. The van der Waals surface area contributed by atoms with Crippen LogP contribution in [0, 0.1) is 0 Å². The third kappa shape index (κ3) is 5.19. The zero-order valence-corrected chi connectivity index (χ0v) is 16.2. The first-order valence-corrected chi connectivity index (χ1v) is 9.23. The van der Waals surface area contributed by atoms with Crippen LogP contribution in [-0.4, -0.2) is 64.4 Å². The number of hydrogen-bond donors (Lipinski definition) is 3. The van der Waals surface area contributed by atoms with Crippen LogP contribution < -0.4 is 11.1 Å². The van der Waals surface area contributed by atoms with Gasteiger partial charge >= 0.3 is 0 Å². The highest BCUT2D eigenvalue weighted by atomic mass is 16.3. The monoisotopic (exact) mass is 375 g/mol. The molecule has 0 saturated heterocycles. The zero-order valence-electron chi connectivity index (χ0n) is 16.2. The minimum absolute atomic E-state index is 0.0542. The van der Waals surface area contributed by atoms with Crippen LogP contribution >= 0.6 is 0 Å². The molecule has 0 bridgehead atoms. The quantitative estimate of drug-likeness (QED) is 0.587. The fourth-order valence-electron chi connectivity index (χ4n) is 3.13. The number of aliphatic imine (C=N–C) groups is 1. The molecule has 1 aliphatic heterocycles. The van der Waals surface area contributed by atoms with Gasteiger partial charge in [-0.1, -0.05) is 26.0 Å². The van der Waals surface area contributed by atoms with Crippen molar-refractivity contribution in [3.8, 4) is 5.75 Å². The fraction of sp³-hybridized carbons (Fsp3) is 0.526. The molecule has 0 aromatic heterocycles. The van der Waals surface area contributed by atoms with Gasteiger partial charge in [-0.3, -0.25) is 14.5 Å².